The molecule has 0 unspecified atom stereocenters. The summed E-state index contributed by atoms with van der Waals surface area (Å²) in [5, 5.41) is 0.577. The van der Waals surface area contributed by atoms with Gasteiger partial charge in [0, 0.05) is 17.0 Å². The van der Waals surface area contributed by atoms with Crippen molar-refractivity contribution in [1.29, 1.82) is 0 Å². The molecule has 1 aliphatic rings. The lowest BCUT2D eigenvalue weighted by molar-refractivity contribution is -0.191. The van der Waals surface area contributed by atoms with E-state index in [4.69, 9.17) is 21.2 Å². The second-order valence-corrected chi connectivity index (χ2v) is 7.15. The number of carbonyl (C=O) groups excluding carboxylic acids is 4. The fourth-order valence-corrected chi connectivity index (χ4v) is 3.63. The first kappa shape index (κ1) is 21.8. The van der Waals surface area contributed by atoms with Crippen molar-refractivity contribution in [2.45, 2.75) is 6.42 Å². The largest absolute Gasteiger partial charge is 0.373 e. The average Bonchev–Trinajstić information content (AvgIpc) is 2.79. The smallest absolute Gasteiger partial charge is 0.294 e. The van der Waals surface area contributed by atoms with Crippen LogP contribution in [0.1, 0.15) is 22.3 Å². The van der Waals surface area contributed by atoms with Crippen molar-refractivity contribution >= 4 is 41.0 Å². The molecule has 0 amide bonds. The molecular formula is C26H17ClO4. The third-order valence-corrected chi connectivity index (χ3v) is 4.99. The average molecular weight is 429 g/mol. The van der Waals surface area contributed by atoms with Crippen LogP contribution in [0.15, 0.2) is 90.5 Å². The number of ketones is 2. The van der Waals surface area contributed by atoms with E-state index in [1.165, 1.54) is 6.08 Å². The van der Waals surface area contributed by atoms with Gasteiger partial charge in [0.15, 0.2) is 11.6 Å². The molecule has 3 aromatic rings. The zero-order valence-corrected chi connectivity index (χ0v) is 17.1. The molecule has 0 heterocycles. The fraction of sp³-hybridized carbons (Fsp3) is 0.0385. The number of allylic oxidation sites excluding steroid dienone is 2. The zero-order chi connectivity index (χ0) is 22.2. The molecule has 5 heteroatoms. The Labute approximate surface area is 184 Å². The molecule has 4 nitrogen and oxygen atoms in total. The van der Waals surface area contributed by atoms with Gasteiger partial charge < -0.3 is 0 Å². The minimum absolute atomic E-state index is 0.170. The van der Waals surface area contributed by atoms with Gasteiger partial charge in [0.05, 0.1) is 5.57 Å². The van der Waals surface area contributed by atoms with Crippen molar-refractivity contribution in [3.63, 3.8) is 0 Å². The second-order valence-electron chi connectivity index (χ2n) is 6.71. The molecule has 0 spiro atoms. The molecule has 0 fully saturated rings. The molecule has 0 aromatic heterocycles. The normalized spacial score (nSPS) is 12.6. The van der Waals surface area contributed by atoms with Crippen LogP contribution in [0.25, 0.3) is 11.6 Å². The maximum atomic E-state index is 13.1. The van der Waals surface area contributed by atoms with Crippen LogP contribution in [-0.4, -0.2) is 17.7 Å². The topological polar surface area (TPSA) is 68.3 Å². The van der Waals surface area contributed by atoms with Crippen LogP contribution in [0.2, 0.25) is 5.02 Å². The minimum atomic E-state index is -0.293. The standard InChI is InChI=1S/C25H17ClO2.CO2/c26-20-13-12-19-15-23(28)25(22(27)14-11-17-7-3-1-4-8-17)24(21(19)16-20)18-9-5-2-6-10-18;2-1-3/h1-14,16H,15H2;. The van der Waals surface area contributed by atoms with E-state index >= 15 is 0 Å². The molecule has 3 aromatic carbocycles. The maximum absolute atomic E-state index is 13.1. The Hall–Kier alpha value is -3.85. The van der Waals surface area contributed by atoms with Gasteiger partial charge in [0.2, 0.25) is 0 Å². The van der Waals surface area contributed by atoms with Crippen molar-refractivity contribution in [1.82, 2.24) is 0 Å². The number of Topliss-reactive ketones (excluding diaryl/α,β-unsaturated/α-hetero) is 1. The molecule has 0 saturated carbocycles. The highest BCUT2D eigenvalue weighted by atomic mass is 35.5. The molecular weight excluding hydrogens is 412 g/mol. The quantitative estimate of drug-likeness (QED) is 0.434. The lowest BCUT2D eigenvalue weighted by Gasteiger charge is -2.22. The predicted molar refractivity (Wildman–Crippen MR) is 118 cm³/mol. The SMILES string of the molecule is O=C(C=Cc1ccccc1)C1=C(c2ccccc2)c2cc(Cl)ccc2CC1=O.O=C=O. The van der Waals surface area contributed by atoms with Gasteiger partial charge in [-0.05, 0) is 40.5 Å². The van der Waals surface area contributed by atoms with E-state index < -0.39 is 0 Å². The summed E-state index contributed by atoms with van der Waals surface area (Å²) in [5.74, 6) is -0.463. The highest BCUT2D eigenvalue weighted by Crippen LogP contribution is 2.36. The van der Waals surface area contributed by atoms with E-state index in [0.717, 1.165) is 22.3 Å². The van der Waals surface area contributed by atoms with Gasteiger partial charge in [-0.1, -0.05) is 84.4 Å². The maximum Gasteiger partial charge on any atom is 0.373 e. The Balaban J connectivity index is 0.000000858. The number of fused-ring (bicyclic) bond motifs is 1. The highest BCUT2D eigenvalue weighted by Gasteiger charge is 2.29. The van der Waals surface area contributed by atoms with Gasteiger partial charge in [-0.2, -0.15) is 9.59 Å². The molecule has 4 rings (SSSR count). The van der Waals surface area contributed by atoms with Gasteiger partial charge >= 0.3 is 6.15 Å². The Morgan fingerprint density at radius 3 is 2.16 bits per heavy atom. The van der Waals surface area contributed by atoms with Crippen molar-refractivity contribution in [3.05, 3.63) is 118 Å². The summed E-state index contributed by atoms with van der Waals surface area (Å²) in [4.78, 5) is 42.2. The molecule has 0 aliphatic heterocycles. The van der Waals surface area contributed by atoms with E-state index in [0.29, 0.717) is 10.6 Å². The van der Waals surface area contributed by atoms with Crippen molar-refractivity contribution in [2.75, 3.05) is 0 Å². The Morgan fingerprint density at radius 1 is 0.903 bits per heavy atom. The number of hydrogen-bond donors (Lipinski definition) is 0. The molecule has 0 N–H and O–H groups in total. The fourth-order valence-electron chi connectivity index (χ4n) is 3.46. The summed E-state index contributed by atoms with van der Waals surface area (Å²) < 4.78 is 0. The number of carbonyl (C=O) groups is 2. The van der Waals surface area contributed by atoms with Crippen LogP contribution in [0.3, 0.4) is 0 Å². The summed E-state index contributed by atoms with van der Waals surface area (Å²) >= 11 is 6.23. The summed E-state index contributed by atoms with van der Waals surface area (Å²) in [6.07, 6.45) is 3.66. The van der Waals surface area contributed by atoms with E-state index in [-0.39, 0.29) is 29.7 Å². The summed E-state index contributed by atoms with van der Waals surface area (Å²) in [7, 11) is 0. The second kappa shape index (κ2) is 10.3. The van der Waals surface area contributed by atoms with Gasteiger partial charge in [-0.3, -0.25) is 9.59 Å². The molecule has 0 bridgehead atoms. The van der Waals surface area contributed by atoms with E-state index in [9.17, 15) is 9.59 Å². The lowest BCUT2D eigenvalue weighted by atomic mass is 9.80. The zero-order valence-electron chi connectivity index (χ0n) is 16.4. The Morgan fingerprint density at radius 2 is 1.52 bits per heavy atom. The number of hydrogen-bond acceptors (Lipinski definition) is 4. The highest BCUT2D eigenvalue weighted by molar-refractivity contribution is 6.33. The van der Waals surface area contributed by atoms with Crippen LogP contribution in [-0.2, 0) is 25.6 Å². The molecule has 1 aliphatic carbocycles. The van der Waals surface area contributed by atoms with Gasteiger partial charge in [0.25, 0.3) is 0 Å². The Kier molecular flexibility index (Phi) is 7.23. The molecule has 0 saturated heterocycles. The molecule has 152 valence electrons. The monoisotopic (exact) mass is 428 g/mol. The summed E-state index contributed by atoms with van der Waals surface area (Å²) in [5.41, 5.74) is 4.33. The first-order chi connectivity index (χ1) is 15.0. The number of halogens is 1. The molecule has 31 heavy (non-hydrogen) atoms. The third-order valence-electron chi connectivity index (χ3n) is 4.76. The van der Waals surface area contributed by atoms with E-state index in [1.54, 1.807) is 12.1 Å². The van der Waals surface area contributed by atoms with Crippen molar-refractivity contribution in [2.24, 2.45) is 0 Å². The van der Waals surface area contributed by atoms with Gasteiger partial charge in [0.1, 0.15) is 0 Å². The van der Waals surface area contributed by atoms with E-state index in [2.05, 4.69) is 0 Å². The molecule has 0 atom stereocenters. The lowest BCUT2D eigenvalue weighted by Crippen LogP contribution is -2.21. The van der Waals surface area contributed by atoms with Crippen LogP contribution in [0, 0.1) is 0 Å². The van der Waals surface area contributed by atoms with Gasteiger partial charge in [-0.15, -0.1) is 0 Å². The summed E-state index contributed by atoms with van der Waals surface area (Å²) in [6.45, 7) is 0. The van der Waals surface area contributed by atoms with E-state index in [1.807, 2.05) is 72.8 Å². The Bertz CT molecular complexity index is 1200. The van der Waals surface area contributed by atoms with Crippen LogP contribution < -0.4 is 0 Å². The summed E-state index contributed by atoms with van der Waals surface area (Å²) in [6, 6.07) is 24.5. The first-order valence-electron chi connectivity index (χ1n) is 9.43. The minimum Gasteiger partial charge on any atom is -0.294 e. The van der Waals surface area contributed by atoms with Crippen molar-refractivity contribution < 1.29 is 19.2 Å². The van der Waals surface area contributed by atoms with Gasteiger partial charge in [-0.25, -0.2) is 0 Å². The number of benzene rings is 3. The van der Waals surface area contributed by atoms with Crippen molar-refractivity contribution in [3.8, 4) is 0 Å². The van der Waals surface area contributed by atoms with Crippen LogP contribution >= 0.6 is 11.6 Å². The van der Waals surface area contributed by atoms with Crippen LogP contribution in [0.4, 0.5) is 0 Å². The first-order valence-corrected chi connectivity index (χ1v) is 9.81. The third kappa shape index (κ3) is 5.20. The predicted octanol–water partition coefficient (Wildman–Crippen LogP) is 4.97. The van der Waals surface area contributed by atoms with Crippen LogP contribution in [0.5, 0.6) is 0 Å². The number of rotatable bonds is 4. The molecule has 0 radical (unpaired) electrons.